The number of ketones is 1. The van der Waals surface area contributed by atoms with E-state index >= 15 is 0 Å². The number of benzene rings is 2. The van der Waals surface area contributed by atoms with Gasteiger partial charge >= 0.3 is 0 Å². The second kappa shape index (κ2) is 7.60. The number of hydrogen-bond donors (Lipinski definition) is 0. The number of hydrogen-bond acceptors (Lipinski definition) is 4. The Bertz CT molecular complexity index is 844. The number of Topliss-reactive ketones (excluding diaryl/α,β-unsaturated/α-hetero) is 1. The Morgan fingerprint density at radius 3 is 2.65 bits per heavy atom. The fraction of sp³-hybridized carbons (Fsp3) is 0.333. The fourth-order valence-corrected chi connectivity index (χ4v) is 3.21. The number of carbonyl (C=O) groups is 2. The summed E-state index contributed by atoms with van der Waals surface area (Å²) in [6, 6.07) is 11.1. The van der Waals surface area contributed by atoms with Crippen LogP contribution in [0.4, 0.5) is 5.69 Å². The predicted molar refractivity (Wildman–Crippen MR) is 100 cm³/mol. The maximum absolute atomic E-state index is 12.7. The zero-order valence-corrected chi connectivity index (χ0v) is 15.4. The van der Waals surface area contributed by atoms with Gasteiger partial charge < -0.3 is 14.4 Å². The Kier molecular flexibility index (Phi) is 5.26. The van der Waals surface area contributed by atoms with Gasteiger partial charge in [0.05, 0.1) is 7.11 Å². The summed E-state index contributed by atoms with van der Waals surface area (Å²) in [5.41, 5.74) is 3.91. The largest absolute Gasteiger partial charge is 0.493 e. The molecule has 5 nitrogen and oxygen atoms in total. The van der Waals surface area contributed by atoms with E-state index in [0.29, 0.717) is 23.6 Å². The van der Waals surface area contributed by atoms with Gasteiger partial charge in [-0.3, -0.25) is 9.59 Å². The van der Waals surface area contributed by atoms with E-state index in [1.54, 1.807) is 23.1 Å². The lowest BCUT2D eigenvalue weighted by molar-refractivity contribution is -0.120. The molecular formula is C21H23NO4. The van der Waals surface area contributed by atoms with Crippen LogP contribution in [0.1, 0.15) is 34.8 Å². The molecule has 0 unspecified atom stereocenters. The molecule has 0 atom stereocenters. The SMILES string of the molecule is COc1cc(C(C)=O)ccc1OCC(=O)N1CCCc2cc(C)ccc21. The molecule has 0 bridgehead atoms. The van der Waals surface area contributed by atoms with Crippen molar-refractivity contribution in [2.75, 3.05) is 25.2 Å². The first-order chi connectivity index (χ1) is 12.5. The molecule has 26 heavy (non-hydrogen) atoms. The molecule has 1 amide bonds. The van der Waals surface area contributed by atoms with Crippen LogP contribution in [0.2, 0.25) is 0 Å². The number of ether oxygens (including phenoxy) is 2. The van der Waals surface area contributed by atoms with Crippen molar-refractivity contribution in [1.29, 1.82) is 0 Å². The van der Waals surface area contributed by atoms with Crippen LogP contribution in [0.25, 0.3) is 0 Å². The Labute approximate surface area is 153 Å². The molecule has 0 fully saturated rings. The quantitative estimate of drug-likeness (QED) is 0.771. The highest BCUT2D eigenvalue weighted by atomic mass is 16.5. The van der Waals surface area contributed by atoms with Gasteiger partial charge in [0, 0.05) is 17.8 Å². The molecule has 2 aromatic rings. The van der Waals surface area contributed by atoms with Crippen LogP contribution >= 0.6 is 0 Å². The highest BCUT2D eigenvalue weighted by molar-refractivity contribution is 5.96. The van der Waals surface area contributed by atoms with E-state index in [-0.39, 0.29) is 18.3 Å². The molecule has 0 N–H and O–H groups in total. The van der Waals surface area contributed by atoms with E-state index in [1.165, 1.54) is 25.2 Å². The van der Waals surface area contributed by atoms with Gasteiger partial charge in [0.1, 0.15) is 0 Å². The van der Waals surface area contributed by atoms with Crippen molar-refractivity contribution in [3.63, 3.8) is 0 Å². The van der Waals surface area contributed by atoms with Crippen molar-refractivity contribution in [3.05, 3.63) is 53.1 Å². The molecule has 5 heteroatoms. The predicted octanol–water partition coefficient (Wildman–Crippen LogP) is 3.56. The minimum Gasteiger partial charge on any atom is -0.493 e. The molecule has 1 aliphatic heterocycles. The van der Waals surface area contributed by atoms with Crippen LogP contribution in [0.5, 0.6) is 11.5 Å². The number of aryl methyl sites for hydroxylation is 2. The highest BCUT2D eigenvalue weighted by Crippen LogP contribution is 2.30. The van der Waals surface area contributed by atoms with Crippen molar-refractivity contribution < 1.29 is 19.1 Å². The van der Waals surface area contributed by atoms with Crippen molar-refractivity contribution in [1.82, 2.24) is 0 Å². The number of fused-ring (bicyclic) bond motifs is 1. The number of methoxy groups -OCH3 is 1. The lowest BCUT2D eigenvalue weighted by atomic mass is 9.99. The first-order valence-electron chi connectivity index (χ1n) is 8.71. The lowest BCUT2D eigenvalue weighted by Gasteiger charge is -2.29. The van der Waals surface area contributed by atoms with Crippen molar-refractivity contribution in [3.8, 4) is 11.5 Å². The van der Waals surface area contributed by atoms with Crippen LogP contribution in [0, 0.1) is 6.92 Å². The second-order valence-electron chi connectivity index (χ2n) is 6.49. The van der Waals surface area contributed by atoms with Gasteiger partial charge in [-0.2, -0.15) is 0 Å². The summed E-state index contributed by atoms with van der Waals surface area (Å²) in [5, 5.41) is 0. The van der Waals surface area contributed by atoms with Crippen molar-refractivity contribution in [2.45, 2.75) is 26.7 Å². The average Bonchev–Trinajstić information content (AvgIpc) is 2.65. The molecule has 0 spiro atoms. The Morgan fingerprint density at radius 2 is 1.92 bits per heavy atom. The number of anilines is 1. The van der Waals surface area contributed by atoms with Crippen molar-refractivity contribution >= 4 is 17.4 Å². The molecule has 2 aromatic carbocycles. The lowest BCUT2D eigenvalue weighted by Crippen LogP contribution is -2.38. The monoisotopic (exact) mass is 353 g/mol. The Morgan fingerprint density at radius 1 is 1.12 bits per heavy atom. The molecule has 1 aliphatic rings. The summed E-state index contributed by atoms with van der Waals surface area (Å²) in [4.78, 5) is 26.0. The van der Waals surface area contributed by atoms with Crippen LogP contribution in [-0.2, 0) is 11.2 Å². The smallest absolute Gasteiger partial charge is 0.264 e. The van der Waals surface area contributed by atoms with E-state index in [0.717, 1.165) is 18.5 Å². The second-order valence-corrected chi connectivity index (χ2v) is 6.49. The van der Waals surface area contributed by atoms with E-state index in [1.807, 2.05) is 12.1 Å². The average molecular weight is 353 g/mol. The molecular weight excluding hydrogens is 330 g/mol. The third kappa shape index (κ3) is 3.72. The maximum atomic E-state index is 12.7. The van der Waals surface area contributed by atoms with Crippen LogP contribution in [0.3, 0.4) is 0 Å². The van der Waals surface area contributed by atoms with Gasteiger partial charge in [0.25, 0.3) is 5.91 Å². The molecule has 0 aliphatic carbocycles. The van der Waals surface area contributed by atoms with Gasteiger partial charge in [-0.1, -0.05) is 17.7 Å². The minimum absolute atomic E-state index is 0.0499. The van der Waals surface area contributed by atoms with Gasteiger partial charge in [-0.05, 0) is 56.5 Å². The maximum Gasteiger partial charge on any atom is 0.264 e. The number of carbonyl (C=O) groups excluding carboxylic acids is 2. The van der Waals surface area contributed by atoms with Gasteiger partial charge in [0.2, 0.25) is 0 Å². The summed E-state index contributed by atoms with van der Waals surface area (Å²) in [6.07, 6.45) is 1.93. The summed E-state index contributed by atoms with van der Waals surface area (Å²) in [7, 11) is 1.51. The zero-order valence-electron chi connectivity index (χ0n) is 15.4. The highest BCUT2D eigenvalue weighted by Gasteiger charge is 2.23. The molecule has 0 saturated carbocycles. The number of nitrogens with zero attached hydrogens (tertiary/aromatic N) is 1. The van der Waals surface area contributed by atoms with Gasteiger partial charge in [-0.25, -0.2) is 0 Å². The van der Waals surface area contributed by atoms with Gasteiger partial charge in [-0.15, -0.1) is 0 Å². The first-order valence-corrected chi connectivity index (χ1v) is 8.71. The van der Waals surface area contributed by atoms with E-state index in [2.05, 4.69) is 13.0 Å². The van der Waals surface area contributed by atoms with Crippen LogP contribution in [0.15, 0.2) is 36.4 Å². The van der Waals surface area contributed by atoms with E-state index < -0.39 is 0 Å². The standard InChI is InChI=1S/C21H23NO4/c1-14-6-8-18-17(11-14)5-4-10-22(18)21(24)13-26-19-9-7-16(15(2)23)12-20(19)25-3/h6-9,11-12H,4-5,10,13H2,1-3H3. The number of amides is 1. The molecule has 136 valence electrons. The van der Waals surface area contributed by atoms with Crippen LogP contribution in [-0.4, -0.2) is 32.0 Å². The van der Waals surface area contributed by atoms with Crippen molar-refractivity contribution in [2.24, 2.45) is 0 Å². The molecule has 3 rings (SSSR count). The van der Waals surface area contributed by atoms with Gasteiger partial charge in [0.15, 0.2) is 23.9 Å². The van der Waals surface area contributed by atoms with E-state index in [9.17, 15) is 9.59 Å². The summed E-state index contributed by atoms with van der Waals surface area (Å²) in [5.74, 6) is 0.755. The Hall–Kier alpha value is -2.82. The summed E-state index contributed by atoms with van der Waals surface area (Å²) >= 11 is 0. The number of rotatable bonds is 5. The summed E-state index contributed by atoms with van der Waals surface area (Å²) < 4.78 is 11.0. The molecule has 0 radical (unpaired) electrons. The normalized spacial score (nSPS) is 13.1. The summed E-state index contributed by atoms with van der Waals surface area (Å²) in [6.45, 7) is 4.16. The molecule has 0 aromatic heterocycles. The topological polar surface area (TPSA) is 55.8 Å². The third-order valence-corrected chi connectivity index (χ3v) is 4.58. The van der Waals surface area contributed by atoms with Crippen LogP contribution < -0.4 is 14.4 Å². The first kappa shape index (κ1) is 18.0. The minimum atomic E-state index is -0.0903. The molecule has 1 heterocycles. The fourth-order valence-electron chi connectivity index (χ4n) is 3.21. The Balaban J connectivity index is 1.73. The van der Waals surface area contributed by atoms with E-state index in [4.69, 9.17) is 9.47 Å². The zero-order chi connectivity index (χ0) is 18.7. The molecule has 0 saturated heterocycles. The third-order valence-electron chi connectivity index (χ3n) is 4.58.